The molecule has 0 amide bonds. The van der Waals surface area contributed by atoms with Crippen LogP contribution in [0.25, 0.3) is 0 Å². The maximum atomic E-state index is 12.9. The highest BCUT2D eigenvalue weighted by atomic mass is 31.2. The fraction of sp³-hybridized carbons (Fsp3) is 0.932. The molecule has 0 saturated heterocycles. The first-order valence-electron chi connectivity index (χ1n) is 31.1. The van der Waals surface area contributed by atoms with Crippen LogP contribution < -0.4 is 0 Å². The van der Waals surface area contributed by atoms with Crippen molar-refractivity contribution in [3.05, 3.63) is 0 Å². The van der Waals surface area contributed by atoms with Crippen molar-refractivity contribution in [2.24, 2.45) is 5.92 Å². The van der Waals surface area contributed by atoms with Gasteiger partial charge in [0.25, 0.3) is 0 Å². The number of hydrogen-bond donors (Lipinski definition) is 3. The summed E-state index contributed by atoms with van der Waals surface area (Å²) in [6, 6.07) is 0. The number of phosphoric acid groups is 2. The van der Waals surface area contributed by atoms with E-state index < -0.39 is 97.5 Å². The number of aliphatic hydroxyl groups is 1. The zero-order valence-corrected chi connectivity index (χ0v) is 51.6. The zero-order chi connectivity index (χ0) is 57.8. The van der Waals surface area contributed by atoms with Crippen molar-refractivity contribution < 1.29 is 80.2 Å². The number of ether oxygens (including phenoxy) is 4. The van der Waals surface area contributed by atoms with E-state index in [2.05, 4.69) is 34.6 Å². The molecule has 462 valence electrons. The van der Waals surface area contributed by atoms with E-state index in [-0.39, 0.29) is 25.7 Å². The lowest BCUT2D eigenvalue weighted by Crippen LogP contribution is -2.30. The summed E-state index contributed by atoms with van der Waals surface area (Å²) in [5, 5.41) is 10.5. The summed E-state index contributed by atoms with van der Waals surface area (Å²) >= 11 is 0. The summed E-state index contributed by atoms with van der Waals surface area (Å²) in [6.45, 7) is 7.05. The molecule has 0 aliphatic carbocycles. The molecule has 0 saturated carbocycles. The first-order chi connectivity index (χ1) is 37.5. The van der Waals surface area contributed by atoms with Crippen molar-refractivity contribution in [1.82, 2.24) is 0 Å². The van der Waals surface area contributed by atoms with Gasteiger partial charge in [-0.05, 0) is 31.6 Å². The lowest BCUT2D eigenvalue weighted by Gasteiger charge is -2.21. The Morgan fingerprint density at radius 2 is 0.590 bits per heavy atom. The SMILES string of the molecule is CCCCCCCCCCCC(=O)OC[C@H](COP(=O)(O)OC[C@@H](O)COP(=O)(O)OC[C@@H](COC(=O)CCCCCCC)OC(=O)CCCCCCCCCCC)OC(=O)CCCCCCCCCCCCCCC(C)C. The second-order valence-electron chi connectivity index (χ2n) is 21.9. The quantitative estimate of drug-likeness (QED) is 0.0222. The average Bonchev–Trinajstić information content (AvgIpc) is 3.40. The molecule has 0 heterocycles. The highest BCUT2D eigenvalue weighted by Gasteiger charge is 2.30. The molecule has 0 fully saturated rings. The van der Waals surface area contributed by atoms with Crippen molar-refractivity contribution in [1.29, 1.82) is 0 Å². The molecular weight excluding hydrogens is 1040 g/mol. The van der Waals surface area contributed by atoms with E-state index in [4.69, 9.17) is 37.0 Å². The van der Waals surface area contributed by atoms with Gasteiger partial charge >= 0.3 is 39.5 Å². The van der Waals surface area contributed by atoms with E-state index in [9.17, 15) is 43.2 Å². The van der Waals surface area contributed by atoms with Gasteiger partial charge in [0.15, 0.2) is 12.2 Å². The monoisotopic (exact) mass is 1160 g/mol. The van der Waals surface area contributed by atoms with E-state index in [1.807, 2.05) is 0 Å². The predicted molar refractivity (Wildman–Crippen MR) is 308 cm³/mol. The van der Waals surface area contributed by atoms with Crippen LogP contribution in [0.5, 0.6) is 0 Å². The number of carbonyl (C=O) groups excluding carboxylic acids is 4. The van der Waals surface area contributed by atoms with Crippen molar-refractivity contribution in [2.45, 2.75) is 310 Å². The second-order valence-corrected chi connectivity index (χ2v) is 24.8. The molecule has 2 unspecified atom stereocenters. The van der Waals surface area contributed by atoms with E-state index in [1.54, 1.807) is 0 Å². The van der Waals surface area contributed by atoms with Gasteiger partial charge in [-0.2, -0.15) is 0 Å². The van der Waals surface area contributed by atoms with Crippen LogP contribution in [0.15, 0.2) is 0 Å². The second kappa shape index (κ2) is 53.1. The lowest BCUT2D eigenvalue weighted by atomic mass is 10.0. The molecule has 0 aliphatic heterocycles. The van der Waals surface area contributed by atoms with Crippen LogP contribution in [0.4, 0.5) is 0 Å². The van der Waals surface area contributed by atoms with Gasteiger partial charge < -0.3 is 33.8 Å². The highest BCUT2D eigenvalue weighted by molar-refractivity contribution is 7.47. The first kappa shape index (κ1) is 76.1. The number of phosphoric ester groups is 2. The topological polar surface area (TPSA) is 237 Å². The highest BCUT2D eigenvalue weighted by Crippen LogP contribution is 2.45. The summed E-state index contributed by atoms with van der Waals surface area (Å²) in [6.07, 6.45) is 35.2. The molecule has 19 heteroatoms. The van der Waals surface area contributed by atoms with Crippen molar-refractivity contribution in [3.8, 4) is 0 Å². The minimum Gasteiger partial charge on any atom is -0.462 e. The van der Waals surface area contributed by atoms with Gasteiger partial charge in [0.1, 0.15) is 19.3 Å². The van der Waals surface area contributed by atoms with E-state index >= 15 is 0 Å². The third-order valence-corrected chi connectivity index (χ3v) is 15.4. The van der Waals surface area contributed by atoms with Gasteiger partial charge in [0.05, 0.1) is 26.4 Å². The molecule has 0 rings (SSSR count). The molecule has 0 aromatic carbocycles. The van der Waals surface area contributed by atoms with Gasteiger partial charge in [-0.3, -0.25) is 37.3 Å². The molecule has 78 heavy (non-hydrogen) atoms. The maximum Gasteiger partial charge on any atom is 0.472 e. The summed E-state index contributed by atoms with van der Waals surface area (Å²) in [5.74, 6) is -1.38. The molecule has 0 aliphatic rings. The van der Waals surface area contributed by atoms with Gasteiger partial charge in [0, 0.05) is 25.7 Å². The number of carbonyl (C=O) groups is 4. The summed E-state index contributed by atoms with van der Waals surface area (Å²) in [7, 11) is -9.86. The zero-order valence-electron chi connectivity index (χ0n) is 49.8. The average molecular weight is 1160 g/mol. The van der Waals surface area contributed by atoms with Crippen LogP contribution in [0, 0.1) is 5.92 Å². The Morgan fingerprint density at radius 1 is 0.346 bits per heavy atom. The van der Waals surface area contributed by atoms with Gasteiger partial charge in [-0.15, -0.1) is 0 Å². The fourth-order valence-electron chi connectivity index (χ4n) is 8.70. The van der Waals surface area contributed by atoms with Crippen LogP contribution in [0.2, 0.25) is 0 Å². The largest absolute Gasteiger partial charge is 0.472 e. The molecule has 17 nitrogen and oxygen atoms in total. The van der Waals surface area contributed by atoms with Crippen LogP contribution in [0.3, 0.4) is 0 Å². The molecule has 3 N–H and O–H groups in total. The Bertz CT molecular complexity index is 1530. The van der Waals surface area contributed by atoms with Crippen LogP contribution >= 0.6 is 15.6 Å². The van der Waals surface area contributed by atoms with E-state index in [1.165, 1.54) is 109 Å². The summed E-state index contributed by atoms with van der Waals surface area (Å²) < 4.78 is 67.5. The Hall–Kier alpha value is -1.94. The Balaban J connectivity index is 5.15. The molecule has 0 aromatic heterocycles. The minimum atomic E-state index is -4.94. The molecule has 0 aromatic rings. The van der Waals surface area contributed by atoms with Crippen molar-refractivity contribution in [3.63, 3.8) is 0 Å². The molecule has 5 atom stereocenters. The third kappa shape index (κ3) is 53.4. The number of rotatable bonds is 59. The summed E-state index contributed by atoms with van der Waals surface area (Å²) in [4.78, 5) is 71.6. The predicted octanol–water partition coefficient (Wildman–Crippen LogP) is 15.8. The smallest absolute Gasteiger partial charge is 0.462 e. The van der Waals surface area contributed by atoms with Crippen LogP contribution in [-0.2, 0) is 65.4 Å². The van der Waals surface area contributed by atoms with Crippen molar-refractivity contribution >= 4 is 39.5 Å². The van der Waals surface area contributed by atoms with E-state index in [0.29, 0.717) is 25.7 Å². The van der Waals surface area contributed by atoms with Crippen molar-refractivity contribution in [2.75, 3.05) is 39.6 Å². The maximum absolute atomic E-state index is 12.9. The van der Waals surface area contributed by atoms with Gasteiger partial charge in [-0.25, -0.2) is 9.13 Å². The standard InChI is InChI=1S/C59H114O17P2/c1-6-9-12-15-17-23-28-33-38-43-57(62)70-49-55(76-59(64)45-40-35-30-26-22-20-19-21-25-27-32-36-41-52(4)5)51-74-78(67,68)72-47-53(60)46-71-77(65,66)73-50-54(48-69-56(61)42-37-31-14-11-8-3)75-58(63)44-39-34-29-24-18-16-13-10-7-2/h52-55,60H,6-51H2,1-5H3,(H,65,66)(H,67,68)/t53-,54+,55+/m0/s1. The molecule has 0 bridgehead atoms. The molecule has 0 spiro atoms. The molecular formula is C59H114O17P2. The number of aliphatic hydroxyl groups excluding tert-OH is 1. The summed E-state index contributed by atoms with van der Waals surface area (Å²) in [5.41, 5.74) is 0. The Kier molecular flexibility index (Phi) is 51.8. The number of esters is 4. The molecule has 0 radical (unpaired) electrons. The third-order valence-electron chi connectivity index (χ3n) is 13.5. The number of hydrogen-bond acceptors (Lipinski definition) is 15. The normalized spacial score (nSPS) is 14.4. The first-order valence-corrected chi connectivity index (χ1v) is 34.1. The lowest BCUT2D eigenvalue weighted by molar-refractivity contribution is -0.161. The van der Waals surface area contributed by atoms with Gasteiger partial charge in [0.2, 0.25) is 0 Å². The number of unbranched alkanes of at least 4 members (excludes halogenated alkanes) is 31. The van der Waals surface area contributed by atoms with E-state index in [0.717, 1.165) is 102 Å². The Morgan fingerprint density at radius 3 is 0.872 bits per heavy atom. The van der Waals surface area contributed by atoms with Gasteiger partial charge in [-0.1, -0.05) is 240 Å². The van der Waals surface area contributed by atoms with Crippen LogP contribution in [-0.4, -0.2) is 96.7 Å². The fourth-order valence-corrected chi connectivity index (χ4v) is 10.3. The minimum absolute atomic E-state index is 0.105. The Labute approximate surface area is 473 Å². The van der Waals surface area contributed by atoms with Crippen LogP contribution in [0.1, 0.15) is 291 Å².